The number of aromatic nitrogens is 2. The number of aryl methyl sites for hydroxylation is 3. The summed E-state index contributed by atoms with van der Waals surface area (Å²) in [5, 5.41) is 7.25. The number of methoxy groups -OCH3 is 1. The lowest BCUT2D eigenvalue weighted by atomic mass is 10.2. The van der Waals surface area contributed by atoms with Gasteiger partial charge in [-0.2, -0.15) is 5.10 Å². The lowest BCUT2D eigenvalue weighted by Crippen LogP contribution is -2.24. The number of rotatable bonds is 6. The van der Waals surface area contributed by atoms with Gasteiger partial charge in [0, 0.05) is 25.2 Å². The Morgan fingerprint density at radius 3 is 2.57 bits per heavy atom. The molecule has 0 radical (unpaired) electrons. The van der Waals surface area contributed by atoms with Gasteiger partial charge in [0.2, 0.25) is 5.91 Å². The van der Waals surface area contributed by atoms with Gasteiger partial charge in [0.15, 0.2) is 0 Å². The molecule has 5 nitrogen and oxygen atoms in total. The predicted octanol–water partition coefficient (Wildman–Crippen LogP) is 2.22. The molecule has 5 heteroatoms. The van der Waals surface area contributed by atoms with Gasteiger partial charge in [0.25, 0.3) is 0 Å². The first kappa shape index (κ1) is 15.1. The number of benzene rings is 1. The van der Waals surface area contributed by atoms with Crippen molar-refractivity contribution in [2.24, 2.45) is 0 Å². The quantitative estimate of drug-likeness (QED) is 0.886. The van der Waals surface area contributed by atoms with Crippen LogP contribution in [0.1, 0.15) is 23.4 Å². The summed E-state index contributed by atoms with van der Waals surface area (Å²) in [7, 11) is 1.63. The van der Waals surface area contributed by atoms with Crippen molar-refractivity contribution < 1.29 is 9.53 Å². The third-order valence-electron chi connectivity index (χ3n) is 3.30. The van der Waals surface area contributed by atoms with Crippen molar-refractivity contribution >= 4 is 5.91 Å². The van der Waals surface area contributed by atoms with Crippen LogP contribution in [0.2, 0.25) is 0 Å². The van der Waals surface area contributed by atoms with Gasteiger partial charge in [-0.3, -0.25) is 9.48 Å². The maximum absolute atomic E-state index is 11.9. The van der Waals surface area contributed by atoms with E-state index in [0.717, 1.165) is 22.7 Å². The van der Waals surface area contributed by atoms with E-state index in [1.807, 2.05) is 48.9 Å². The second kappa shape index (κ2) is 6.92. The molecule has 112 valence electrons. The smallest absolute Gasteiger partial charge is 0.222 e. The fourth-order valence-corrected chi connectivity index (χ4v) is 2.14. The molecule has 0 atom stereocenters. The van der Waals surface area contributed by atoms with Gasteiger partial charge in [-0.15, -0.1) is 0 Å². The predicted molar refractivity (Wildman–Crippen MR) is 81.2 cm³/mol. The monoisotopic (exact) mass is 287 g/mol. The second-order valence-corrected chi connectivity index (χ2v) is 5.03. The molecule has 21 heavy (non-hydrogen) atoms. The highest BCUT2D eigenvalue weighted by molar-refractivity contribution is 5.75. The summed E-state index contributed by atoms with van der Waals surface area (Å²) in [4.78, 5) is 11.9. The Hall–Kier alpha value is -2.30. The van der Waals surface area contributed by atoms with Crippen LogP contribution in [-0.4, -0.2) is 22.8 Å². The first-order chi connectivity index (χ1) is 10.1. The third kappa shape index (κ3) is 4.34. The van der Waals surface area contributed by atoms with Crippen molar-refractivity contribution in [3.05, 3.63) is 47.3 Å². The van der Waals surface area contributed by atoms with E-state index in [1.54, 1.807) is 7.11 Å². The molecule has 0 unspecified atom stereocenters. The molecule has 0 bridgehead atoms. The molecule has 1 N–H and O–H groups in total. The fraction of sp³-hybridized carbons (Fsp3) is 0.375. The van der Waals surface area contributed by atoms with Gasteiger partial charge in [-0.1, -0.05) is 12.1 Å². The summed E-state index contributed by atoms with van der Waals surface area (Å²) in [6, 6.07) is 9.67. The van der Waals surface area contributed by atoms with E-state index >= 15 is 0 Å². The molecule has 0 saturated carbocycles. The van der Waals surface area contributed by atoms with Gasteiger partial charge in [0.05, 0.1) is 12.8 Å². The van der Waals surface area contributed by atoms with E-state index in [1.165, 1.54) is 0 Å². The molecule has 0 fully saturated rings. The number of carbonyl (C=O) groups is 1. The Morgan fingerprint density at radius 1 is 1.29 bits per heavy atom. The number of hydrogen-bond acceptors (Lipinski definition) is 3. The van der Waals surface area contributed by atoms with Crippen LogP contribution in [-0.2, 0) is 17.9 Å². The van der Waals surface area contributed by atoms with E-state index in [9.17, 15) is 4.79 Å². The molecule has 0 aliphatic carbocycles. The van der Waals surface area contributed by atoms with Crippen molar-refractivity contribution in [2.45, 2.75) is 33.4 Å². The summed E-state index contributed by atoms with van der Waals surface area (Å²) < 4.78 is 6.96. The summed E-state index contributed by atoms with van der Waals surface area (Å²) in [6.45, 7) is 5.08. The minimum Gasteiger partial charge on any atom is -0.497 e. The Bertz CT molecular complexity index is 602. The number of ether oxygens (including phenoxy) is 1. The Morgan fingerprint density at radius 2 is 2.00 bits per heavy atom. The van der Waals surface area contributed by atoms with E-state index in [4.69, 9.17) is 4.74 Å². The molecular formula is C16H21N3O2. The van der Waals surface area contributed by atoms with Crippen LogP contribution in [0.15, 0.2) is 30.3 Å². The minimum atomic E-state index is 0.0263. The zero-order valence-corrected chi connectivity index (χ0v) is 12.7. The van der Waals surface area contributed by atoms with E-state index in [-0.39, 0.29) is 5.91 Å². The Labute approximate surface area is 124 Å². The number of hydrogen-bond donors (Lipinski definition) is 1. The van der Waals surface area contributed by atoms with Crippen molar-refractivity contribution in [3.8, 4) is 5.75 Å². The van der Waals surface area contributed by atoms with Gasteiger partial charge in [0.1, 0.15) is 5.75 Å². The fourth-order valence-electron chi connectivity index (χ4n) is 2.14. The zero-order valence-electron chi connectivity index (χ0n) is 12.7. The largest absolute Gasteiger partial charge is 0.497 e. The topological polar surface area (TPSA) is 56.1 Å². The van der Waals surface area contributed by atoms with E-state index in [2.05, 4.69) is 10.4 Å². The van der Waals surface area contributed by atoms with Gasteiger partial charge >= 0.3 is 0 Å². The van der Waals surface area contributed by atoms with Crippen molar-refractivity contribution in [1.82, 2.24) is 15.1 Å². The average molecular weight is 287 g/mol. The van der Waals surface area contributed by atoms with E-state index < -0.39 is 0 Å². The Balaban J connectivity index is 1.78. The van der Waals surface area contributed by atoms with Crippen molar-refractivity contribution in [1.29, 1.82) is 0 Å². The molecule has 0 spiro atoms. The minimum absolute atomic E-state index is 0.0263. The molecule has 1 aromatic heterocycles. The van der Waals surface area contributed by atoms with Gasteiger partial charge < -0.3 is 10.1 Å². The highest BCUT2D eigenvalue weighted by Gasteiger charge is 2.05. The molecule has 0 aliphatic rings. The van der Waals surface area contributed by atoms with Crippen LogP contribution < -0.4 is 10.1 Å². The molecule has 1 aromatic carbocycles. The van der Waals surface area contributed by atoms with Crippen LogP contribution >= 0.6 is 0 Å². The maximum atomic E-state index is 11.9. The summed E-state index contributed by atoms with van der Waals surface area (Å²) in [6.07, 6.45) is 0.429. The van der Waals surface area contributed by atoms with Gasteiger partial charge in [-0.25, -0.2) is 0 Å². The second-order valence-electron chi connectivity index (χ2n) is 5.03. The average Bonchev–Trinajstić information content (AvgIpc) is 2.81. The summed E-state index contributed by atoms with van der Waals surface area (Å²) >= 11 is 0. The van der Waals surface area contributed by atoms with E-state index in [0.29, 0.717) is 19.5 Å². The third-order valence-corrected chi connectivity index (χ3v) is 3.30. The van der Waals surface area contributed by atoms with Crippen LogP contribution in [0.25, 0.3) is 0 Å². The van der Waals surface area contributed by atoms with Crippen LogP contribution in [0.5, 0.6) is 5.75 Å². The highest BCUT2D eigenvalue weighted by Crippen LogP contribution is 2.11. The zero-order chi connectivity index (χ0) is 15.2. The SMILES string of the molecule is COc1ccc(CNC(=O)CCn2nc(C)cc2C)cc1. The van der Waals surface area contributed by atoms with Crippen LogP contribution in [0, 0.1) is 13.8 Å². The van der Waals surface area contributed by atoms with Crippen LogP contribution in [0.3, 0.4) is 0 Å². The number of amides is 1. The standard InChI is InChI=1S/C16H21N3O2/c1-12-10-13(2)19(18-12)9-8-16(20)17-11-14-4-6-15(21-3)7-5-14/h4-7,10H,8-9,11H2,1-3H3,(H,17,20). The summed E-state index contributed by atoms with van der Waals surface area (Å²) in [5.74, 6) is 0.841. The first-order valence-electron chi connectivity index (χ1n) is 6.99. The van der Waals surface area contributed by atoms with Crippen LogP contribution in [0.4, 0.5) is 0 Å². The number of nitrogens with zero attached hydrogens (tertiary/aromatic N) is 2. The lowest BCUT2D eigenvalue weighted by Gasteiger charge is -2.07. The molecule has 0 aliphatic heterocycles. The molecular weight excluding hydrogens is 266 g/mol. The van der Waals surface area contributed by atoms with Crippen molar-refractivity contribution in [2.75, 3.05) is 7.11 Å². The maximum Gasteiger partial charge on any atom is 0.222 e. The lowest BCUT2D eigenvalue weighted by molar-refractivity contribution is -0.121. The first-order valence-corrected chi connectivity index (χ1v) is 6.99. The number of carbonyl (C=O) groups excluding carboxylic acids is 1. The van der Waals surface area contributed by atoms with Gasteiger partial charge in [-0.05, 0) is 37.6 Å². The normalized spacial score (nSPS) is 10.4. The molecule has 2 rings (SSSR count). The highest BCUT2D eigenvalue weighted by atomic mass is 16.5. The summed E-state index contributed by atoms with van der Waals surface area (Å²) in [5.41, 5.74) is 3.11. The number of nitrogens with one attached hydrogen (secondary N) is 1. The van der Waals surface area contributed by atoms with Crippen molar-refractivity contribution in [3.63, 3.8) is 0 Å². The molecule has 0 saturated heterocycles. The molecule has 2 aromatic rings. The molecule has 1 amide bonds. The Kier molecular flexibility index (Phi) is 4.98. The molecule has 1 heterocycles.